The zero-order valence-electron chi connectivity index (χ0n) is 12.0. The van der Waals surface area contributed by atoms with Crippen LogP contribution < -0.4 is 4.74 Å². The van der Waals surface area contributed by atoms with Crippen LogP contribution in [0.3, 0.4) is 0 Å². The summed E-state index contributed by atoms with van der Waals surface area (Å²) in [7, 11) is 0. The van der Waals surface area contributed by atoms with Gasteiger partial charge in [-0.25, -0.2) is 0 Å². The van der Waals surface area contributed by atoms with Gasteiger partial charge in [0.05, 0.1) is 18.1 Å². The number of amides is 1. The number of nitrogens with zero attached hydrogens (tertiary/aromatic N) is 1. The Bertz CT molecular complexity index is 696. The number of thiocarbonyl (C=S) groups is 1. The third kappa shape index (κ3) is 2.82. The first-order valence-electron chi connectivity index (χ1n) is 6.93. The maximum absolute atomic E-state index is 12.3. The number of carbonyl (C=O) groups excluding carboxylic acids is 1. The van der Waals surface area contributed by atoms with Crippen LogP contribution in [0, 0.1) is 0 Å². The van der Waals surface area contributed by atoms with E-state index in [0.29, 0.717) is 9.23 Å². The Morgan fingerprint density at radius 3 is 3.00 bits per heavy atom. The number of hydrogen-bond acceptors (Lipinski definition) is 5. The van der Waals surface area contributed by atoms with Crippen LogP contribution in [0.2, 0.25) is 0 Å². The smallest absolute Gasteiger partial charge is 0.266 e. The van der Waals surface area contributed by atoms with Crippen LogP contribution in [0.5, 0.6) is 5.75 Å². The predicted octanol–water partition coefficient (Wildman–Crippen LogP) is 2.59. The fraction of sp³-hybridized carbons (Fsp3) is 0.250. The van der Waals surface area contributed by atoms with Crippen molar-refractivity contribution in [3.8, 4) is 5.75 Å². The largest absolute Gasteiger partial charge is 0.485 e. The second-order valence-corrected chi connectivity index (χ2v) is 6.67. The second-order valence-electron chi connectivity index (χ2n) is 5.00. The average Bonchev–Trinajstić information content (AvgIpc) is 2.76. The lowest BCUT2D eigenvalue weighted by Crippen LogP contribution is -2.30. The van der Waals surface area contributed by atoms with Crippen molar-refractivity contribution in [1.29, 1.82) is 0 Å². The second kappa shape index (κ2) is 6.24. The lowest BCUT2D eigenvalue weighted by molar-refractivity contribution is -0.122. The van der Waals surface area contributed by atoms with E-state index in [4.69, 9.17) is 22.1 Å². The van der Waals surface area contributed by atoms with Gasteiger partial charge in [-0.3, -0.25) is 9.69 Å². The first-order valence-corrected chi connectivity index (χ1v) is 8.16. The highest BCUT2D eigenvalue weighted by Gasteiger charge is 2.32. The number of benzene rings is 1. The van der Waals surface area contributed by atoms with Gasteiger partial charge in [-0.15, -0.1) is 0 Å². The normalized spacial score (nSPS) is 22.6. The fourth-order valence-electron chi connectivity index (χ4n) is 2.37. The standard InChI is InChI=1S/C16H15NO3S2/c1-10-12(8-11-4-2-3-5-13(11)20-10)9-14-15(19)17(6-7-18)16(21)22-14/h2-5,8-10,18H,6-7H2,1H3/b14-9-/t10-/m0/s1. The molecule has 3 rings (SSSR count). The first kappa shape index (κ1) is 15.3. The van der Waals surface area contributed by atoms with Gasteiger partial charge in [0.1, 0.15) is 16.2 Å². The predicted molar refractivity (Wildman–Crippen MR) is 91.6 cm³/mol. The summed E-state index contributed by atoms with van der Waals surface area (Å²) >= 11 is 6.45. The Hall–Kier alpha value is -1.63. The van der Waals surface area contributed by atoms with Gasteiger partial charge in [-0.05, 0) is 30.7 Å². The van der Waals surface area contributed by atoms with E-state index < -0.39 is 0 Å². The lowest BCUT2D eigenvalue weighted by atomic mass is 10.0. The first-order chi connectivity index (χ1) is 10.6. The fourth-order valence-corrected chi connectivity index (χ4v) is 3.67. The molecule has 1 amide bonds. The van der Waals surface area contributed by atoms with Crippen LogP contribution in [0.1, 0.15) is 12.5 Å². The minimum atomic E-state index is -0.156. The van der Waals surface area contributed by atoms with Crippen molar-refractivity contribution in [2.45, 2.75) is 13.0 Å². The summed E-state index contributed by atoms with van der Waals surface area (Å²) in [4.78, 5) is 14.3. The number of β-amino-alcohol motifs (C(OH)–C–C–N with tert-alkyl or cyclic N) is 1. The molecule has 0 bridgehead atoms. The molecule has 2 aliphatic heterocycles. The van der Waals surface area contributed by atoms with E-state index in [1.165, 1.54) is 16.7 Å². The molecule has 0 saturated carbocycles. The molecule has 6 heteroatoms. The third-order valence-electron chi connectivity index (χ3n) is 3.51. The highest BCUT2D eigenvalue weighted by molar-refractivity contribution is 8.26. The van der Waals surface area contributed by atoms with E-state index in [0.717, 1.165) is 16.9 Å². The van der Waals surface area contributed by atoms with E-state index in [9.17, 15) is 4.79 Å². The van der Waals surface area contributed by atoms with Crippen molar-refractivity contribution in [3.05, 3.63) is 46.4 Å². The molecule has 4 nitrogen and oxygen atoms in total. The molecule has 1 N–H and O–H groups in total. The molecule has 1 aromatic rings. The molecule has 1 saturated heterocycles. The number of fused-ring (bicyclic) bond motifs is 1. The van der Waals surface area contributed by atoms with Gasteiger partial charge in [-0.2, -0.15) is 0 Å². The topological polar surface area (TPSA) is 49.8 Å². The molecule has 1 aromatic carbocycles. The molecule has 0 spiro atoms. The summed E-state index contributed by atoms with van der Waals surface area (Å²) in [5, 5.41) is 9.01. The van der Waals surface area contributed by atoms with Gasteiger partial charge in [0.25, 0.3) is 5.91 Å². The molecular formula is C16H15NO3S2. The minimum Gasteiger partial charge on any atom is -0.485 e. The zero-order chi connectivity index (χ0) is 15.7. The Labute approximate surface area is 138 Å². The van der Waals surface area contributed by atoms with E-state index in [1.807, 2.05) is 43.3 Å². The average molecular weight is 333 g/mol. The van der Waals surface area contributed by atoms with Crippen LogP contribution in [-0.2, 0) is 4.79 Å². The molecule has 0 aliphatic carbocycles. The Balaban J connectivity index is 1.91. The van der Waals surface area contributed by atoms with E-state index in [2.05, 4.69) is 0 Å². The van der Waals surface area contributed by atoms with Gasteiger partial charge < -0.3 is 9.84 Å². The molecule has 22 heavy (non-hydrogen) atoms. The molecule has 1 atom stereocenters. The SMILES string of the molecule is C[C@@H]1Oc2ccccc2C=C1/C=C1\SC(=S)N(CCO)C1=O. The van der Waals surface area contributed by atoms with Gasteiger partial charge in [0.2, 0.25) is 0 Å². The van der Waals surface area contributed by atoms with Gasteiger partial charge in [0.15, 0.2) is 0 Å². The van der Waals surface area contributed by atoms with Crippen molar-refractivity contribution in [3.63, 3.8) is 0 Å². The van der Waals surface area contributed by atoms with Crippen LogP contribution in [-0.4, -0.2) is 39.5 Å². The summed E-state index contributed by atoms with van der Waals surface area (Å²) in [5.41, 5.74) is 1.93. The number of para-hydroxylation sites is 1. The molecular weight excluding hydrogens is 318 g/mol. The van der Waals surface area contributed by atoms with Crippen LogP contribution in [0.25, 0.3) is 6.08 Å². The van der Waals surface area contributed by atoms with E-state index in [1.54, 1.807) is 0 Å². The maximum Gasteiger partial charge on any atom is 0.266 e. The summed E-state index contributed by atoms with van der Waals surface area (Å²) < 4.78 is 6.35. The Morgan fingerprint density at radius 1 is 1.45 bits per heavy atom. The minimum absolute atomic E-state index is 0.102. The Morgan fingerprint density at radius 2 is 2.23 bits per heavy atom. The number of ether oxygens (including phenoxy) is 1. The van der Waals surface area contributed by atoms with Crippen molar-refractivity contribution < 1.29 is 14.6 Å². The zero-order valence-corrected chi connectivity index (χ0v) is 13.6. The van der Waals surface area contributed by atoms with Crippen LogP contribution in [0.15, 0.2) is 40.8 Å². The molecule has 1 fully saturated rings. The van der Waals surface area contributed by atoms with Crippen molar-refractivity contribution in [2.24, 2.45) is 0 Å². The van der Waals surface area contributed by atoms with Gasteiger partial charge >= 0.3 is 0 Å². The number of carbonyl (C=O) groups is 1. The number of rotatable bonds is 3. The van der Waals surface area contributed by atoms with Crippen LogP contribution in [0.4, 0.5) is 0 Å². The van der Waals surface area contributed by atoms with E-state index >= 15 is 0 Å². The Kier molecular flexibility index (Phi) is 4.33. The van der Waals surface area contributed by atoms with Crippen molar-refractivity contribution in [1.82, 2.24) is 4.90 Å². The molecule has 114 valence electrons. The molecule has 0 aromatic heterocycles. The number of aliphatic hydroxyl groups is 1. The summed E-state index contributed by atoms with van der Waals surface area (Å²) in [6.07, 6.45) is 3.73. The number of aliphatic hydroxyl groups excluding tert-OH is 1. The van der Waals surface area contributed by atoms with Gasteiger partial charge in [0, 0.05) is 5.56 Å². The monoisotopic (exact) mass is 333 g/mol. The summed E-state index contributed by atoms with van der Waals surface area (Å²) in [6.45, 7) is 2.08. The highest BCUT2D eigenvalue weighted by Crippen LogP contribution is 2.35. The molecule has 2 aliphatic rings. The lowest BCUT2D eigenvalue weighted by Gasteiger charge is -2.23. The maximum atomic E-state index is 12.3. The van der Waals surface area contributed by atoms with E-state index in [-0.39, 0.29) is 25.2 Å². The van der Waals surface area contributed by atoms with Crippen molar-refractivity contribution >= 4 is 40.3 Å². The summed E-state index contributed by atoms with van der Waals surface area (Å²) in [6, 6.07) is 7.79. The van der Waals surface area contributed by atoms with Gasteiger partial charge in [-0.1, -0.05) is 42.2 Å². The third-order valence-corrected chi connectivity index (χ3v) is 4.89. The van der Waals surface area contributed by atoms with Crippen LogP contribution >= 0.6 is 24.0 Å². The molecule has 0 unspecified atom stereocenters. The molecule has 2 heterocycles. The number of thioether (sulfide) groups is 1. The number of hydrogen-bond donors (Lipinski definition) is 1. The quantitative estimate of drug-likeness (QED) is 0.681. The van der Waals surface area contributed by atoms with Crippen molar-refractivity contribution in [2.75, 3.05) is 13.2 Å². The highest BCUT2D eigenvalue weighted by atomic mass is 32.2. The molecule has 0 radical (unpaired) electrons. The summed E-state index contributed by atoms with van der Waals surface area (Å²) in [5.74, 6) is 0.691.